The van der Waals surface area contributed by atoms with Gasteiger partial charge in [0.15, 0.2) is 0 Å². The molecule has 10 heteroatoms. The fourth-order valence-corrected chi connectivity index (χ4v) is 1.67. The van der Waals surface area contributed by atoms with E-state index >= 15 is 0 Å². The first kappa shape index (κ1) is 17.7. The van der Waals surface area contributed by atoms with Crippen LogP contribution in [-0.2, 0) is 17.5 Å². The molecule has 0 spiro atoms. The topological polar surface area (TPSA) is 86.5 Å². The van der Waals surface area contributed by atoms with Gasteiger partial charge in [0.25, 0.3) is 11.7 Å². The Morgan fingerprint density at radius 2 is 2.12 bits per heavy atom. The summed E-state index contributed by atoms with van der Waals surface area (Å²) in [6.45, 7) is 0.398. The number of benzene rings is 1. The monoisotopic (exact) mass is 345 g/mol. The smallest absolute Gasteiger partial charge is 0.455 e. The Morgan fingerprint density at radius 3 is 2.79 bits per heavy atom. The highest BCUT2D eigenvalue weighted by Crippen LogP contribution is 2.26. The van der Waals surface area contributed by atoms with Crippen LogP contribution in [-0.4, -0.2) is 36.4 Å². The normalized spacial score (nSPS) is 11.3. The van der Waals surface area contributed by atoms with Gasteiger partial charge in [-0.25, -0.2) is 0 Å². The molecule has 1 N–H and O–H groups in total. The maximum Gasteiger partial charge on any atom is 0.455 e. The van der Waals surface area contributed by atoms with Crippen LogP contribution in [0.25, 0.3) is 0 Å². The molecule has 7 nitrogen and oxygen atoms in total. The van der Waals surface area contributed by atoms with Gasteiger partial charge >= 0.3 is 6.18 Å². The zero-order valence-electron chi connectivity index (χ0n) is 12.6. The summed E-state index contributed by atoms with van der Waals surface area (Å²) in [5, 5.41) is 5.19. The van der Waals surface area contributed by atoms with Crippen LogP contribution in [0, 0.1) is 0 Å². The van der Waals surface area contributed by atoms with E-state index in [1.807, 2.05) is 0 Å². The molecule has 1 heterocycles. The van der Waals surface area contributed by atoms with Crippen molar-refractivity contribution in [1.82, 2.24) is 15.5 Å². The van der Waals surface area contributed by atoms with E-state index in [1.54, 1.807) is 12.1 Å². The molecule has 0 saturated carbocycles. The van der Waals surface area contributed by atoms with Gasteiger partial charge in [0, 0.05) is 12.7 Å². The van der Waals surface area contributed by atoms with E-state index in [4.69, 9.17) is 9.47 Å². The minimum Gasteiger partial charge on any atom is -0.491 e. The number of ether oxygens (including phenoxy) is 2. The van der Waals surface area contributed by atoms with Crippen LogP contribution >= 0.6 is 0 Å². The molecule has 0 atom stereocenters. The van der Waals surface area contributed by atoms with Gasteiger partial charge in [-0.2, -0.15) is 18.2 Å². The van der Waals surface area contributed by atoms with E-state index in [2.05, 4.69) is 20.0 Å². The summed E-state index contributed by atoms with van der Waals surface area (Å²) in [5.74, 6) is -1.78. The van der Waals surface area contributed by atoms with E-state index in [9.17, 15) is 18.0 Å². The van der Waals surface area contributed by atoms with Crippen molar-refractivity contribution in [2.45, 2.75) is 12.7 Å². The van der Waals surface area contributed by atoms with Crippen LogP contribution in [0.4, 0.5) is 13.2 Å². The fourth-order valence-electron chi connectivity index (χ4n) is 1.67. The summed E-state index contributed by atoms with van der Waals surface area (Å²) in [7, 11) is 1.54. The molecule has 1 aromatic heterocycles. The predicted molar refractivity (Wildman–Crippen MR) is 74.3 cm³/mol. The number of carbonyl (C=O) groups is 1. The Morgan fingerprint density at radius 1 is 1.33 bits per heavy atom. The summed E-state index contributed by atoms with van der Waals surface area (Å²) < 4.78 is 51.7. The number of nitrogens with one attached hydrogen (secondary N) is 1. The Balaban J connectivity index is 1.92. The first-order valence-electron chi connectivity index (χ1n) is 6.80. The lowest BCUT2D eigenvalue weighted by molar-refractivity contribution is -0.146. The highest BCUT2D eigenvalue weighted by atomic mass is 19.4. The molecule has 0 aliphatic carbocycles. The van der Waals surface area contributed by atoms with Gasteiger partial charge in [-0.05, 0) is 18.2 Å². The van der Waals surface area contributed by atoms with E-state index in [-0.39, 0.29) is 18.0 Å². The maximum absolute atomic E-state index is 12.3. The number of carbonyl (C=O) groups excluding carboxylic acids is 1. The number of nitrogens with zero attached hydrogens (tertiary/aromatic N) is 2. The maximum atomic E-state index is 12.3. The number of amides is 1. The standard InChI is InChI=1S/C14H14F3N3O4/c1-22-5-6-23-10-4-2-3-9(7-10)12(21)18-8-11-19-13(20-24-11)14(15,16)17/h2-4,7H,5-6,8H2,1H3,(H,18,21). The average Bonchev–Trinajstić information content (AvgIpc) is 3.02. The number of rotatable bonds is 7. The lowest BCUT2D eigenvalue weighted by Crippen LogP contribution is -2.23. The molecule has 24 heavy (non-hydrogen) atoms. The Bertz CT molecular complexity index is 688. The zero-order chi connectivity index (χ0) is 17.6. The summed E-state index contributed by atoms with van der Waals surface area (Å²) in [4.78, 5) is 15.2. The number of halogens is 3. The van der Waals surface area contributed by atoms with Crippen molar-refractivity contribution < 1.29 is 32.0 Å². The van der Waals surface area contributed by atoms with E-state index < -0.39 is 17.9 Å². The number of hydrogen-bond donors (Lipinski definition) is 1. The van der Waals surface area contributed by atoms with Crippen molar-refractivity contribution in [1.29, 1.82) is 0 Å². The van der Waals surface area contributed by atoms with Crippen LogP contribution in [0.15, 0.2) is 28.8 Å². The van der Waals surface area contributed by atoms with Gasteiger partial charge in [0.1, 0.15) is 12.4 Å². The number of alkyl halides is 3. The molecule has 0 aliphatic heterocycles. The first-order chi connectivity index (χ1) is 11.4. The molecule has 0 fully saturated rings. The van der Waals surface area contributed by atoms with Gasteiger partial charge < -0.3 is 19.3 Å². The summed E-state index contributed by atoms with van der Waals surface area (Å²) in [6, 6.07) is 6.32. The third-order valence-corrected chi connectivity index (χ3v) is 2.77. The van der Waals surface area contributed by atoms with Crippen LogP contribution in [0.3, 0.4) is 0 Å². The minimum absolute atomic E-state index is 0.278. The molecule has 0 aliphatic rings. The molecule has 0 saturated heterocycles. The number of hydrogen-bond acceptors (Lipinski definition) is 6. The molecular formula is C14H14F3N3O4. The average molecular weight is 345 g/mol. The second-order valence-electron chi connectivity index (χ2n) is 4.56. The fraction of sp³-hybridized carbons (Fsp3) is 0.357. The lowest BCUT2D eigenvalue weighted by atomic mass is 10.2. The van der Waals surface area contributed by atoms with E-state index in [0.717, 1.165) is 0 Å². The second kappa shape index (κ2) is 7.77. The van der Waals surface area contributed by atoms with Crippen molar-refractivity contribution in [2.24, 2.45) is 0 Å². The largest absolute Gasteiger partial charge is 0.491 e. The molecule has 0 unspecified atom stereocenters. The third-order valence-electron chi connectivity index (χ3n) is 2.77. The van der Waals surface area contributed by atoms with Gasteiger partial charge in [-0.3, -0.25) is 4.79 Å². The molecule has 130 valence electrons. The summed E-state index contributed by atoms with van der Waals surface area (Å²) in [5.41, 5.74) is 0.278. The third kappa shape index (κ3) is 4.95. The lowest BCUT2D eigenvalue weighted by Gasteiger charge is -2.07. The Hall–Kier alpha value is -2.62. The van der Waals surface area contributed by atoms with Crippen molar-refractivity contribution in [2.75, 3.05) is 20.3 Å². The molecule has 1 aromatic carbocycles. The molecule has 2 aromatic rings. The van der Waals surface area contributed by atoms with Crippen LogP contribution in [0.5, 0.6) is 5.75 Å². The van der Waals surface area contributed by atoms with Crippen molar-refractivity contribution in [3.05, 3.63) is 41.5 Å². The van der Waals surface area contributed by atoms with Crippen molar-refractivity contribution in [3.8, 4) is 5.75 Å². The SMILES string of the molecule is COCCOc1cccc(C(=O)NCc2nc(C(F)(F)F)no2)c1. The molecule has 2 rings (SSSR count). The second-order valence-corrected chi connectivity index (χ2v) is 4.56. The van der Waals surface area contributed by atoms with Gasteiger partial charge in [0.05, 0.1) is 13.2 Å². The minimum atomic E-state index is -4.69. The molecular weight excluding hydrogens is 331 g/mol. The summed E-state index contributed by atoms with van der Waals surface area (Å²) in [6.07, 6.45) is -4.69. The Kier molecular flexibility index (Phi) is 5.74. The number of aromatic nitrogens is 2. The molecule has 0 bridgehead atoms. The molecule has 0 radical (unpaired) electrons. The van der Waals surface area contributed by atoms with Crippen LogP contribution in [0.2, 0.25) is 0 Å². The first-order valence-corrected chi connectivity index (χ1v) is 6.80. The van der Waals surface area contributed by atoms with Gasteiger partial charge in [-0.1, -0.05) is 11.2 Å². The van der Waals surface area contributed by atoms with E-state index in [1.165, 1.54) is 19.2 Å². The van der Waals surface area contributed by atoms with Gasteiger partial charge in [-0.15, -0.1) is 0 Å². The van der Waals surface area contributed by atoms with Crippen molar-refractivity contribution >= 4 is 5.91 Å². The number of methoxy groups -OCH3 is 1. The van der Waals surface area contributed by atoms with Crippen molar-refractivity contribution in [3.63, 3.8) is 0 Å². The quantitative estimate of drug-likeness (QED) is 0.773. The molecule has 1 amide bonds. The van der Waals surface area contributed by atoms with Crippen LogP contribution < -0.4 is 10.1 Å². The highest BCUT2D eigenvalue weighted by Gasteiger charge is 2.37. The van der Waals surface area contributed by atoms with E-state index in [0.29, 0.717) is 19.0 Å². The predicted octanol–water partition coefficient (Wildman–Crippen LogP) is 2.04. The summed E-state index contributed by atoms with van der Waals surface area (Å²) >= 11 is 0. The van der Waals surface area contributed by atoms with Gasteiger partial charge in [0.2, 0.25) is 5.89 Å². The highest BCUT2D eigenvalue weighted by molar-refractivity contribution is 5.94. The van der Waals surface area contributed by atoms with Crippen LogP contribution in [0.1, 0.15) is 22.1 Å². The Labute approximate surface area is 134 Å². The zero-order valence-corrected chi connectivity index (χ0v) is 12.6.